The van der Waals surface area contributed by atoms with E-state index in [2.05, 4.69) is 55.3 Å². The molecule has 0 aliphatic rings. The number of unbranched alkanes of at least 4 members (excludes halogenated alkanes) is 1. The fraction of sp³-hybridized carbons (Fsp3) is 0.500. The minimum atomic E-state index is 0.257. The van der Waals surface area contributed by atoms with Crippen molar-refractivity contribution in [3.05, 3.63) is 59.8 Å². The molecule has 0 bridgehead atoms. The topological polar surface area (TPSA) is 49.6 Å². The van der Waals surface area contributed by atoms with Gasteiger partial charge in [0.15, 0.2) is 0 Å². The van der Waals surface area contributed by atoms with E-state index in [9.17, 15) is 4.79 Å². The van der Waals surface area contributed by atoms with E-state index in [1.807, 2.05) is 52.6 Å². The van der Waals surface area contributed by atoms with Crippen molar-refractivity contribution < 1.29 is 4.79 Å². The first-order valence-corrected chi connectivity index (χ1v) is 14.0. The van der Waals surface area contributed by atoms with E-state index in [-0.39, 0.29) is 5.91 Å². The lowest BCUT2D eigenvalue weighted by Gasteiger charge is -2.22. The Morgan fingerprint density at radius 2 is 1.69 bits per heavy atom. The summed E-state index contributed by atoms with van der Waals surface area (Å²) in [6.07, 6.45) is 14.7. The van der Waals surface area contributed by atoms with Gasteiger partial charge in [-0.2, -0.15) is 0 Å². The summed E-state index contributed by atoms with van der Waals surface area (Å²) >= 11 is 0. The van der Waals surface area contributed by atoms with Crippen LogP contribution in [0.25, 0.3) is 6.08 Å². The quantitative estimate of drug-likeness (QED) is 0.171. The Balaban J connectivity index is 2.31. The number of carbonyl (C=O) groups excluding carboxylic acids is 1. The highest BCUT2D eigenvalue weighted by molar-refractivity contribution is 8.76. The summed E-state index contributed by atoms with van der Waals surface area (Å²) in [6, 6.07) is 8.52. The monoisotopic (exact) mass is 475 g/mol. The summed E-state index contributed by atoms with van der Waals surface area (Å²) < 4.78 is 0. The maximum Gasteiger partial charge on any atom is 0.222 e. The number of nitrogens with zero attached hydrogens (tertiary/aromatic N) is 2. The zero-order valence-electron chi connectivity index (χ0n) is 20.3. The molecular formula is C26H41N3OS2. The van der Waals surface area contributed by atoms with Crippen LogP contribution in [-0.4, -0.2) is 49.5 Å². The van der Waals surface area contributed by atoms with Crippen molar-refractivity contribution in [1.82, 2.24) is 4.90 Å². The van der Waals surface area contributed by atoms with Gasteiger partial charge in [0.05, 0.1) is 0 Å². The molecule has 0 saturated carbocycles. The average Bonchev–Trinajstić information content (AvgIpc) is 2.81. The third kappa shape index (κ3) is 12.3. The molecule has 178 valence electrons. The minimum absolute atomic E-state index is 0.257. The molecule has 2 N–H and O–H groups in total. The smallest absolute Gasteiger partial charge is 0.222 e. The third-order valence-corrected chi connectivity index (χ3v) is 7.70. The summed E-state index contributed by atoms with van der Waals surface area (Å²) in [7, 11) is 7.86. The largest absolute Gasteiger partial charge is 0.405 e. The molecule has 4 nitrogen and oxygen atoms in total. The Labute approximate surface area is 203 Å². The van der Waals surface area contributed by atoms with Crippen LogP contribution in [0, 0.1) is 0 Å². The lowest BCUT2D eigenvalue weighted by atomic mass is 10.1. The van der Waals surface area contributed by atoms with Crippen molar-refractivity contribution >= 4 is 39.3 Å². The van der Waals surface area contributed by atoms with Crippen molar-refractivity contribution in [2.24, 2.45) is 5.73 Å². The Kier molecular flexibility index (Phi) is 15.6. The van der Waals surface area contributed by atoms with E-state index >= 15 is 0 Å². The first kappa shape index (κ1) is 28.2. The van der Waals surface area contributed by atoms with E-state index in [0.29, 0.717) is 6.42 Å². The average molecular weight is 476 g/mol. The second kappa shape index (κ2) is 17.7. The summed E-state index contributed by atoms with van der Waals surface area (Å²) in [4.78, 5) is 16.4. The van der Waals surface area contributed by atoms with E-state index in [1.54, 1.807) is 6.20 Å². The number of amides is 1. The molecule has 0 radical (unpaired) electrons. The van der Waals surface area contributed by atoms with Gasteiger partial charge in [-0.1, -0.05) is 65.3 Å². The number of rotatable bonds is 16. The van der Waals surface area contributed by atoms with Crippen LogP contribution in [0.4, 0.5) is 5.69 Å². The van der Waals surface area contributed by atoms with Gasteiger partial charge in [0.25, 0.3) is 0 Å². The van der Waals surface area contributed by atoms with Gasteiger partial charge in [-0.3, -0.25) is 4.79 Å². The number of benzene rings is 1. The SMILES string of the molecule is C/C=C(\C=C/N)/C=C/c1ccc(N(C)CCCN(C)C(=O)CCCSSCCCC)cc1. The fourth-order valence-corrected chi connectivity index (χ4v) is 5.30. The van der Waals surface area contributed by atoms with Gasteiger partial charge < -0.3 is 15.5 Å². The van der Waals surface area contributed by atoms with Crippen molar-refractivity contribution in [2.45, 2.75) is 46.0 Å². The van der Waals surface area contributed by atoms with Crippen molar-refractivity contribution in [3.63, 3.8) is 0 Å². The lowest BCUT2D eigenvalue weighted by molar-refractivity contribution is -0.129. The van der Waals surface area contributed by atoms with Crippen LogP contribution >= 0.6 is 21.6 Å². The van der Waals surface area contributed by atoms with Crippen LogP contribution in [0.3, 0.4) is 0 Å². The zero-order chi connectivity index (χ0) is 23.6. The zero-order valence-corrected chi connectivity index (χ0v) is 21.9. The molecule has 32 heavy (non-hydrogen) atoms. The maximum atomic E-state index is 12.3. The predicted octanol–water partition coefficient (Wildman–Crippen LogP) is 6.36. The first-order chi connectivity index (χ1) is 15.5. The molecule has 1 aromatic carbocycles. The highest BCUT2D eigenvalue weighted by atomic mass is 33.1. The number of allylic oxidation sites excluding steroid dienone is 4. The van der Waals surface area contributed by atoms with Crippen LogP contribution in [0.1, 0.15) is 51.5 Å². The van der Waals surface area contributed by atoms with E-state index in [1.165, 1.54) is 24.3 Å². The molecule has 0 atom stereocenters. The molecule has 0 spiro atoms. The van der Waals surface area contributed by atoms with Crippen molar-refractivity contribution in [1.29, 1.82) is 0 Å². The van der Waals surface area contributed by atoms with Crippen LogP contribution in [0.15, 0.2) is 54.3 Å². The number of hydrogen-bond acceptors (Lipinski definition) is 5. The Bertz CT molecular complexity index is 729. The second-order valence-corrected chi connectivity index (χ2v) is 10.5. The highest BCUT2D eigenvalue weighted by Gasteiger charge is 2.09. The summed E-state index contributed by atoms with van der Waals surface area (Å²) in [5, 5.41) is 0. The summed E-state index contributed by atoms with van der Waals surface area (Å²) in [6.45, 7) is 5.93. The minimum Gasteiger partial charge on any atom is -0.405 e. The van der Waals surface area contributed by atoms with Crippen molar-refractivity contribution in [3.8, 4) is 0 Å². The van der Waals surface area contributed by atoms with E-state index in [0.717, 1.165) is 42.8 Å². The summed E-state index contributed by atoms with van der Waals surface area (Å²) in [5.74, 6) is 2.53. The van der Waals surface area contributed by atoms with Gasteiger partial charge in [0, 0.05) is 50.8 Å². The molecule has 6 heteroatoms. The standard InChI is InChI=1S/C26H41N3OS2/c1-5-7-21-31-32-22-8-10-26(30)29(4)20-9-19-28(3)25-15-13-24(14-16-25)12-11-23(6-2)17-18-27/h6,11-18H,5,7-10,19-22,27H2,1-4H3/b12-11+,18-17-,23-6-. The fourth-order valence-electron chi connectivity index (χ4n) is 2.98. The lowest BCUT2D eigenvalue weighted by Crippen LogP contribution is -2.30. The second-order valence-electron chi connectivity index (χ2n) is 7.76. The van der Waals surface area contributed by atoms with Crippen molar-refractivity contribution in [2.75, 3.05) is 43.6 Å². The number of carbonyl (C=O) groups is 1. The van der Waals surface area contributed by atoms with Crippen LogP contribution < -0.4 is 10.6 Å². The molecule has 0 heterocycles. The van der Waals surface area contributed by atoms with Gasteiger partial charge in [-0.25, -0.2) is 0 Å². The number of nitrogens with two attached hydrogens (primary N) is 1. The van der Waals surface area contributed by atoms with Gasteiger partial charge >= 0.3 is 0 Å². The molecule has 0 fully saturated rings. The highest BCUT2D eigenvalue weighted by Crippen LogP contribution is 2.23. The molecule has 0 unspecified atom stereocenters. The Hall–Kier alpha value is -1.79. The molecule has 1 amide bonds. The Morgan fingerprint density at radius 1 is 1.00 bits per heavy atom. The molecule has 0 saturated heterocycles. The van der Waals surface area contributed by atoms with Gasteiger partial charge in [0.1, 0.15) is 0 Å². The van der Waals surface area contributed by atoms with Gasteiger partial charge in [0.2, 0.25) is 5.91 Å². The molecule has 0 aromatic heterocycles. The Morgan fingerprint density at radius 3 is 2.31 bits per heavy atom. The number of hydrogen-bond donors (Lipinski definition) is 1. The molecule has 1 aromatic rings. The van der Waals surface area contributed by atoms with E-state index < -0.39 is 0 Å². The first-order valence-electron chi connectivity index (χ1n) is 11.5. The number of anilines is 1. The molecule has 0 aliphatic heterocycles. The maximum absolute atomic E-state index is 12.3. The van der Waals surface area contributed by atoms with Crippen LogP contribution in [-0.2, 0) is 4.79 Å². The van der Waals surface area contributed by atoms with E-state index in [4.69, 9.17) is 5.73 Å². The molecular weight excluding hydrogens is 434 g/mol. The molecule has 0 aliphatic carbocycles. The summed E-state index contributed by atoms with van der Waals surface area (Å²) in [5.41, 5.74) is 8.88. The van der Waals surface area contributed by atoms with Gasteiger partial charge in [-0.15, -0.1) is 0 Å². The van der Waals surface area contributed by atoms with Crippen LogP contribution in [0.5, 0.6) is 0 Å². The van der Waals surface area contributed by atoms with Crippen LogP contribution in [0.2, 0.25) is 0 Å². The third-order valence-electron chi connectivity index (χ3n) is 5.12. The van der Waals surface area contributed by atoms with Gasteiger partial charge in [-0.05, 0) is 61.7 Å². The molecule has 1 rings (SSSR count). The normalized spacial score (nSPS) is 12.1. The predicted molar refractivity (Wildman–Crippen MR) is 147 cm³/mol.